The van der Waals surface area contributed by atoms with Crippen LogP contribution in [0.5, 0.6) is 0 Å². The Bertz CT molecular complexity index is 704. The lowest BCUT2D eigenvalue weighted by atomic mass is 9.82. The first kappa shape index (κ1) is 15.7. The molecule has 1 heterocycles. The largest absolute Gasteiger partial charge is 0.340 e. The van der Waals surface area contributed by atoms with Gasteiger partial charge >= 0.3 is 0 Å². The van der Waals surface area contributed by atoms with E-state index in [-0.39, 0.29) is 17.1 Å². The van der Waals surface area contributed by atoms with Crippen LogP contribution in [0, 0.1) is 5.82 Å². The normalized spacial score (nSPS) is 22.1. The second-order valence-corrected chi connectivity index (χ2v) is 6.47. The smallest absolute Gasteiger partial charge is 0.244 e. The maximum atomic E-state index is 13.5. The van der Waals surface area contributed by atoms with Crippen LogP contribution in [0.25, 0.3) is 0 Å². The average molecular weight is 312 g/mol. The van der Waals surface area contributed by atoms with Gasteiger partial charge in [-0.1, -0.05) is 49.4 Å². The Balaban J connectivity index is 1.75. The number of hydrogen-bond donors (Lipinski definition) is 1. The van der Waals surface area contributed by atoms with Crippen molar-refractivity contribution in [2.24, 2.45) is 5.73 Å². The highest BCUT2D eigenvalue weighted by atomic mass is 19.1. The SMILES string of the molecule is CC1(c2cccc(F)c2)CCN(C(=O)[C@H](N)c2ccccc2)C1. The summed E-state index contributed by atoms with van der Waals surface area (Å²) in [5.41, 5.74) is 7.64. The van der Waals surface area contributed by atoms with E-state index in [1.54, 1.807) is 17.0 Å². The number of nitrogens with two attached hydrogens (primary N) is 1. The number of likely N-dealkylation sites (tertiary alicyclic amines) is 1. The van der Waals surface area contributed by atoms with E-state index < -0.39 is 6.04 Å². The Morgan fingerprint density at radius 2 is 1.96 bits per heavy atom. The van der Waals surface area contributed by atoms with Crippen molar-refractivity contribution in [3.8, 4) is 0 Å². The second kappa shape index (κ2) is 6.13. The summed E-state index contributed by atoms with van der Waals surface area (Å²) in [6.45, 7) is 3.28. The van der Waals surface area contributed by atoms with E-state index in [1.807, 2.05) is 36.4 Å². The third kappa shape index (κ3) is 3.13. The fourth-order valence-corrected chi connectivity index (χ4v) is 3.25. The zero-order chi connectivity index (χ0) is 16.4. The van der Waals surface area contributed by atoms with Crippen molar-refractivity contribution < 1.29 is 9.18 Å². The maximum absolute atomic E-state index is 13.5. The van der Waals surface area contributed by atoms with Gasteiger partial charge < -0.3 is 10.6 Å². The predicted octanol–water partition coefficient (Wildman–Crippen LogP) is 3.02. The lowest BCUT2D eigenvalue weighted by Gasteiger charge is -2.26. The molecule has 3 rings (SSSR count). The minimum absolute atomic E-state index is 0.0728. The number of carbonyl (C=O) groups excluding carboxylic acids is 1. The predicted molar refractivity (Wildman–Crippen MR) is 88.3 cm³/mol. The molecule has 2 N–H and O–H groups in total. The van der Waals surface area contributed by atoms with Crippen LogP contribution in [0.15, 0.2) is 54.6 Å². The number of amides is 1. The van der Waals surface area contributed by atoms with Crippen LogP contribution in [-0.2, 0) is 10.2 Å². The molecule has 1 aliphatic heterocycles. The molecule has 1 amide bonds. The number of rotatable bonds is 3. The zero-order valence-corrected chi connectivity index (χ0v) is 13.2. The van der Waals surface area contributed by atoms with E-state index in [4.69, 9.17) is 5.73 Å². The quantitative estimate of drug-likeness (QED) is 0.947. The molecule has 0 radical (unpaired) electrons. The topological polar surface area (TPSA) is 46.3 Å². The van der Waals surface area contributed by atoms with Crippen LogP contribution in [0.4, 0.5) is 4.39 Å². The summed E-state index contributed by atoms with van der Waals surface area (Å²) in [5.74, 6) is -0.314. The molecule has 0 aromatic heterocycles. The summed E-state index contributed by atoms with van der Waals surface area (Å²) in [6.07, 6.45) is 0.809. The lowest BCUT2D eigenvalue weighted by Crippen LogP contribution is -2.39. The minimum atomic E-state index is -0.647. The van der Waals surface area contributed by atoms with E-state index in [9.17, 15) is 9.18 Å². The number of nitrogens with zero attached hydrogens (tertiary/aromatic N) is 1. The third-order valence-electron chi connectivity index (χ3n) is 4.73. The number of carbonyl (C=O) groups is 1. The number of hydrogen-bond acceptors (Lipinski definition) is 2. The molecule has 1 fully saturated rings. The fourth-order valence-electron chi connectivity index (χ4n) is 3.25. The molecule has 2 aromatic rings. The molecule has 1 saturated heterocycles. The molecule has 23 heavy (non-hydrogen) atoms. The van der Waals surface area contributed by atoms with E-state index in [1.165, 1.54) is 6.07 Å². The first-order valence-corrected chi connectivity index (χ1v) is 7.85. The van der Waals surface area contributed by atoms with E-state index in [0.717, 1.165) is 17.5 Å². The Morgan fingerprint density at radius 1 is 1.22 bits per heavy atom. The molecule has 2 aromatic carbocycles. The van der Waals surface area contributed by atoms with Crippen molar-refractivity contribution in [2.75, 3.05) is 13.1 Å². The summed E-state index contributed by atoms with van der Waals surface area (Å²) < 4.78 is 13.5. The summed E-state index contributed by atoms with van der Waals surface area (Å²) in [7, 11) is 0. The van der Waals surface area contributed by atoms with Gasteiger partial charge in [-0.15, -0.1) is 0 Å². The molecule has 2 atom stereocenters. The molecule has 1 aliphatic rings. The first-order valence-electron chi connectivity index (χ1n) is 7.85. The molecule has 120 valence electrons. The Hall–Kier alpha value is -2.20. The lowest BCUT2D eigenvalue weighted by molar-refractivity contribution is -0.131. The third-order valence-corrected chi connectivity index (χ3v) is 4.73. The van der Waals surface area contributed by atoms with E-state index in [0.29, 0.717) is 13.1 Å². The van der Waals surface area contributed by atoms with Gasteiger partial charge in [0.1, 0.15) is 11.9 Å². The van der Waals surface area contributed by atoms with Crippen molar-refractivity contribution in [2.45, 2.75) is 24.8 Å². The van der Waals surface area contributed by atoms with E-state index in [2.05, 4.69) is 6.92 Å². The second-order valence-electron chi connectivity index (χ2n) is 6.47. The van der Waals surface area contributed by atoms with Crippen LogP contribution in [0.1, 0.15) is 30.5 Å². The minimum Gasteiger partial charge on any atom is -0.340 e. The van der Waals surface area contributed by atoms with Crippen LogP contribution in [0.3, 0.4) is 0 Å². The highest BCUT2D eigenvalue weighted by molar-refractivity contribution is 5.83. The monoisotopic (exact) mass is 312 g/mol. The van der Waals surface area contributed by atoms with Gasteiger partial charge in [-0.05, 0) is 29.7 Å². The van der Waals surface area contributed by atoms with Gasteiger partial charge in [-0.25, -0.2) is 4.39 Å². The molecule has 3 nitrogen and oxygen atoms in total. The molecular weight excluding hydrogens is 291 g/mol. The van der Waals surface area contributed by atoms with Crippen molar-refractivity contribution in [1.82, 2.24) is 4.90 Å². The Kier molecular flexibility index (Phi) is 4.18. The highest BCUT2D eigenvalue weighted by Gasteiger charge is 2.38. The molecule has 0 saturated carbocycles. The van der Waals surface area contributed by atoms with Gasteiger partial charge in [0.25, 0.3) is 0 Å². The summed E-state index contributed by atoms with van der Waals surface area (Å²) in [6, 6.07) is 15.4. The van der Waals surface area contributed by atoms with Gasteiger partial charge in [0.05, 0.1) is 0 Å². The maximum Gasteiger partial charge on any atom is 0.244 e. The van der Waals surface area contributed by atoms with Crippen LogP contribution in [-0.4, -0.2) is 23.9 Å². The molecule has 0 bridgehead atoms. The van der Waals surface area contributed by atoms with Gasteiger partial charge in [0.2, 0.25) is 5.91 Å². The van der Waals surface area contributed by atoms with Gasteiger partial charge in [-0.3, -0.25) is 4.79 Å². The fraction of sp³-hybridized carbons (Fsp3) is 0.316. The summed E-state index contributed by atoms with van der Waals surface area (Å²) in [4.78, 5) is 14.5. The van der Waals surface area contributed by atoms with Crippen molar-refractivity contribution in [3.63, 3.8) is 0 Å². The van der Waals surface area contributed by atoms with Crippen LogP contribution >= 0.6 is 0 Å². The van der Waals surface area contributed by atoms with Gasteiger partial charge in [0, 0.05) is 18.5 Å². The first-order chi connectivity index (χ1) is 11.0. The molecular formula is C19H21FN2O. The number of halogens is 1. The molecule has 4 heteroatoms. The summed E-state index contributed by atoms with van der Waals surface area (Å²) in [5, 5.41) is 0. The molecule has 1 unspecified atom stereocenters. The van der Waals surface area contributed by atoms with Crippen molar-refractivity contribution >= 4 is 5.91 Å². The summed E-state index contributed by atoms with van der Waals surface area (Å²) >= 11 is 0. The van der Waals surface area contributed by atoms with Gasteiger partial charge in [0.15, 0.2) is 0 Å². The highest BCUT2D eigenvalue weighted by Crippen LogP contribution is 2.35. The van der Waals surface area contributed by atoms with Gasteiger partial charge in [-0.2, -0.15) is 0 Å². The van der Waals surface area contributed by atoms with Crippen LogP contribution in [0.2, 0.25) is 0 Å². The number of benzene rings is 2. The Labute approximate surface area is 135 Å². The molecule has 0 spiro atoms. The Morgan fingerprint density at radius 3 is 2.65 bits per heavy atom. The van der Waals surface area contributed by atoms with Crippen molar-refractivity contribution in [3.05, 3.63) is 71.5 Å². The van der Waals surface area contributed by atoms with Crippen molar-refractivity contribution in [1.29, 1.82) is 0 Å². The zero-order valence-electron chi connectivity index (χ0n) is 13.2. The average Bonchev–Trinajstić information content (AvgIpc) is 2.98. The standard InChI is InChI=1S/C19H21FN2O/c1-19(15-8-5-9-16(20)12-15)10-11-22(13-19)18(23)17(21)14-6-3-2-4-7-14/h2-9,12,17H,10-11,13,21H2,1H3/t17-,19?/m1/s1. The van der Waals surface area contributed by atoms with E-state index >= 15 is 0 Å². The molecule has 0 aliphatic carbocycles. The van der Waals surface area contributed by atoms with Crippen LogP contribution < -0.4 is 5.73 Å².